The first-order chi connectivity index (χ1) is 18.5. The van der Waals surface area contributed by atoms with E-state index in [0.717, 1.165) is 22.3 Å². The van der Waals surface area contributed by atoms with Gasteiger partial charge in [-0.15, -0.1) is 0 Å². The minimum Gasteiger partial charge on any atom is -0.368 e. The molecule has 0 aliphatic rings. The lowest BCUT2D eigenvalue weighted by Crippen LogP contribution is -2.18. The third kappa shape index (κ3) is 6.86. The van der Waals surface area contributed by atoms with Crippen molar-refractivity contribution >= 4 is 5.78 Å². The van der Waals surface area contributed by atoms with E-state index in [9.17, 15) is 4.79 Å². The van der Waals surface area contributed by atoms with Crippen LogP contribution < -0.4 is 0 Å². The summed E-state index contributed by atoms with van der Waals surface area (Å²) in [6.07, 6.45) is -0.680. The largest absolute Gasteiger partial charge is 0.368 e. The van der Waals surface area contributed by atoms with Crippen LogP contribution in [0.3, 0.4) is 0 Å². The van der Waals surface area contributed by atoms with Gasteiger partial charge in [0.2, 0.25) is 0 Å². The van der Waals surface area contributed by atoms with Gasteiger partial charge in [0.05, 0.1) is 13.2 Å². The Morgan fingerprint density at radius 3 is 1.24 bits per heavy atom. The lowest BCUT2D eigenvalue weighted by molar-refractivity contribution is 0.0584. The van der Waals surface area contributed by atoms with Crippen LogP contribution in [0.2, 0.25) is 0 Å². The molecule has 0 radical (unpaired) electrons. The van der Waals surface area contributed by atoms with Crippen molar-refractivity contribution in [3.8, 4) is 0 Å². The molecule has 0 amide bonds. The van der Waals surface area contributed by atoms with Crippen LogP contribution in [0.25, 0.3) is 0 Å². The zero-order valence-electron chi connectivity index (χ0n) is 22.8. The summed E-state index contributed by atoms with van der Waals surface area (Å²) in [5, 5.41) is 0. The summed E-state index contributed by atoms with van der Waals surface area (Å²) in [6.45, 7) is 9.73. The number of carbonyl (C=O) groups is 1. The Morgan fingerprint density at radius 1 is 0.526 bits per heavy atom. The Morgan fingerprint density at radius 2 is 0.868 bits per heavy atom. The molecule has 0 saturated heterocycles. The van der Waals surface area contributed by atoms with Crippen LogP contribution in [-0.2, 0) is 9.47 Å². The van der Waals surface area contributed by atoms with Gasteiger partial charge in [0.15, 0.2) is 5.78 Å². The Bertz CT molecular complexity index is 1190. The van der Waals surface area contributed by atoms with Gasteiger partial charge in [-0.25, -0.2) is 0 Å². The molecule has 0 bridgehead atoms. The molecule has 2 unspecified atom stereocenters. The normalized spacial score (nSPS) is 13.0. The van der Waals surface area contributed by atoms with Crippen LogP contribution in [0, 0.1) is 11.8 Å². The molecule has 4 aromatic rings. The van der Waals surface area contributed by atoms with E-state index in [1.54, 1.807) is 0 Å². The summed E-state index contributed by atoms with van der Waals surface area (Å²) in [6, 6.07) is 35.9. The van der Waals surface area contributed by atoms with Crippen molar-refractivity contribution in [1.29, 1.82) is 0 Å². The molecule has 4 aromatic carbocycles. The van der Waals surface area contributed by atoms with Crippen LogP contribution in [0.5, 0.6) is 0 Å². The lowest BCUT2D eigenvalue weighted by Gasteiger charge is -2.24. The molecular formula is C35H38O3. The Kier molecular flexibility index (Phi) is 9.64. The molecule has 0 fully saturated rings. The van der Waals surface area contributed by atoms with Crippen molar-refractivity contribution in [2.75, 3.05) is 13.2 Å². The fourth-order valence-electron chi connectivity index (χ4n) is 4.57. The second kappa shape index (κ2) is 13.3. The summed E-state index contributed by atoms with van der Waals surface area (Å²) in [4.78, 5) is 14.3. The average Bonchev–Trinajstić information content (AvgIpc) is 2.94. The standard InChI is InChI=1S/C35H38O3/c1-25(2)23-37-34(27-15-7-5-8-16-27)31-21-13-11-19-29(31)33(36)30-20-12-14-22-32(30)35(38-24-26(3)4)28-17-9-6-10-18-28/h5-22,25-26,34-35H,23-24H2,1-4H3. The molecule has 38 heavy (non-hydrogen) atoms. The van der Waals surface area contributed by atoms with Crippen LogP contribution in [-0.4, -0.2) is 19.0 Å². The molecule has 0 spiro atoms. The van der Waals surface area contributed by atoms with Gasteiger partial charge in [-0.2, -0.15) is 0 Å². The third-order valence-corrected chi connectivity index (χ3v) is 6.37. The summed E-state index contributed by atoms with van der Waals surface area (Å²) < 4.78 is 12.9. The molecule has 0 aliphatic heterocycles. The lowest BCUT2D eigenvalue weighted by atomic mass is 9.88. The average molecular weight is 507 g/mol. The van der Waals surface area contributed by atoms with Crippen molar-refractivity contribution in [2.45, 2.75) is 39.9 Å². The van der Waals surface area contributed by atoms with E-state index in [1.807, 2.05) is 84.9 Å². The quantitative estimate of drug-likeness (QED) is 0.181. The van der Waals surface area contributed by atoms with Gasteiger partial charge in [-0.05, 0) is 34.1 Å². The molecular weight excluding hydrogens is 468 g/mol. The summed E-state index contributed by atoms with van der Waals surface area (Å²) in [7, 11) is 0. The molecule has 0 heterocycles. The van der Waals surface area contributed by atoms with E-state index in [-0.39, 0.29) is 18.0 Å². The van der Waals surface area contributed by atoms with Crippen LogP contribution in [0.4, 0.5) is 0 Å². The molecule has 2 atom stereocenters. The smallest absolute Gasteiger partial charge is 0.193 e. The molecule has 0 N–H and O–H groups in total. The fraction of sp³-hybridized carbons (Fsp3) is 0.286. The van der Waals surface area contributed by atoms with Crippen LogP contribution >= 0.6 is 0 Å². The highest BCUT2D eigenvalue weighted by Crippen LogP contribution is 2.34. The molecule has 3 nitrogen and oxygen atoms in total. The predicted octanol–water partition coefficient (Wildman–Crippen LogP) is 8.44. The zero-order chi connectivity index (χ0) is 26.9. The van der Waals surface area contributed by atoms with E-state index in [4.69, 9.17) is 9.47 Å². The molecule has 4 rings (SSSR count). The topological polar surface area (TPSA) is 35.5 Å². The summed E-state index contributed by atoms with van der Waals surface area (Å²) in [5.41, 5.74) is 5.10. The fourth-order valence-corrected chi connectivity index (χ4v) is 4.57. The van der Waals surface area contributed by atoms with E-state index >= 15 is 0 Å². The summed E-state index contributed by atoms with van der Waals surface area (Å²) in [5.74, 6) is 0.712. The van der Waals surface area contributed by atoms with E-state index < -0.39 is 0 Å². The van der Waals surface area contributed by atoms with Crippen LogP contribution in [0.15, 0.2) is 109 Å². The maximum Gasteiger partial charge on any atom is 0.193 e. The minimum absolute atomic E-state index is 0.0284. The minimum atomic E-state index is -0.340. The van der Waals surface area contributed by atoms with E-state index in [1.165, 1.54) is 0 Å². The predicted molar refractivity (Wildman–Crippen MR) is 154 cm³/mol. The van der Waals surface area contributed by atoms with Gasteiger partial charge in [-0.1, -0.05) is 137 Å². The maximum atomic E-state index is 14.3. The number of hydrogen-bond donors (Lipinski definition) is 0. The number of rotatable bonds is 12. The third-order valence-electron chi connectivity index (χ3n) is 6.37. The van der Waals surface area contributed by atoms with Gasteiger partial charge in [0.1, 0.15) is 12.2 Å². The highest BCUT2D eigenvalue weighted by Gasteiger charge is 2.26. The number of ketones is 1. The SMILES string of the molecule is CC(C)COC(c1ccccc1)c1ccccc1C(=O)c1ccccc1C(OCC(C)C)c1ccccc1. The van der Waals surface area contributed by atoms with Crippen molar-refractivity contribution in [1.82, 2.24) is 0 Å². The van der Waals surface area contributed by atoms with Gasteiger partial charge in [0.25, 0.3) is 0 Å². The number of hydrogen-bond acceptors (Lipinski definition) is 3. The first-order valence-corrected chi connectivity index (χ1v) is 13.5. The van der Waals surface area contributed by atoms with E-state index in [0.29, 0.717) is 36.2 Å². The van der Waals surface area contributed by atoms with Crippen molar-refractivity contribution in [3.05, 3.63) is 143 Å². The Labute approximate surface area is 227 Å². The summed E-state index contributed by atoms with van der Waals surface area (Å²) >= 11 is 0. The number of ether oxygens (including phenoxy) is 2. The second-order valence-electron chi connectivity index (χ2n) is 10.5. The zero-order valence-corrected chi connectivity index (χ0v) is 22.8. The molecule has 0 saturated carbocycles. The first-order valence-electron chi connectivity index (χ1n) is 13.5. The van der Waals surface area contributed by atoms with Crippen molar-refractivity contribution in [3.63, 3.8) is 0 Å². The van der Waals surface area contributed by atoms with E-state index in [2.05, 4.69) is 52.0 Å². The molecule has 3 heteroatoms. The van der Waals surface area contributed by atoms with Gasteiger partial charge in [0, 0.05) is 11.1 Å². The Balaban J connectivity index is 1.78. The Hall–Kier alpha value is -3.53. The second-order valence-corrected chi connectivity index (χ2v) is 10.5. The molecule has 0 aromatic heterocycles. The maximum absolute atomic E-state index is 14.3. The number of carbonyl (C=O) groups excluding carboxylic acids is 1. The molecule has 196 valence electrons. The van der Waals surface area contributed by atoms with Crippen molar-refractivity contribution in [2.24, 2.45) is 11.8 Å². The van der Waals surface area contributed by atoms with Crippen molar-refractivity contribution < 1.29 is 14.3 Å². The highest BCUT2D eigenvalue weighted by molar-refractivity contribution is 6.11. The first kappa shape index (κ1) is 27.5. The highest BCUT2D eigenvalue weighted by atomic mass is 16.5. The monoisotopic (exact) mass is 506 g/mol. The van der Waals surface area contributed by atoms with Gasteiger partial charge < -0.3 is 9.47 Å². The number of benzene rings is 4. The van der Waals surface area contributed by atoms with Gasteiger partial charge >= 0.3 is 0 Å². The van der Waals surface area contributed by atoms with Crippen LogP contribution in [0.1, 0.15) is 78.1 Å². The molecule has 0 aliphatic carbocycles. The van der Waals surface area contributed by atoms with Gasteiger partial charge in [-0.3, -0.25) is 4.79 Å².